The molecule has 0 atom stereocenters. The number of carbonyl (C=O) groups excluding carboxylic acids is 1. The van der Waals surface area contributed by atoms with Crippen molar-refractivity contribution < 1.29 is 23.7 Å². The fourth-order valence-electron chi connectivity index (χ4n) is 6.81. The molecule has 1 rings (SSSR count). The summed E-state index contributed by atoms with van der Waals surface area (Å²) in [6.07, 6.45) is 48.0. The maximum Gasteiger partial charge on any atom is 0.508 e. The molecule has 332 valence electrons. The second kappa shape index (κ2) is 39.5. The van der Waals surface area contributed by atoms with Crippen LogP contribution in [0.3, 0.4) is 0 Å². The molecular formula is C52H89NO5. The van der Waals surface area contributed by atoms with Crippen molar-refractivity contribution in [2.45, 2.75) is 201 Å². The van der Waals surface area contributed by atoms with E-state index in [9.17, 15) is 4.79 Å². The zero-order valence-corrected chi connectivity index (χ0v) is 38.6. The normalized spacial score (nSPS) is 12.1. The molecule has 0 fully saturated rings. The van der Waals surface area contributed by atoms with E-state index in [1.165, 1.54) is 116 Å². The molecule has 0 aliphatic heterocycles. The number of unbranched alkanes of at least 4 members (excludes halogenated alkanes) is 18. The first-order chi connectivity index (χ1) is 28.4. The summed E-state index contributed by atoms with van der Waals surface area (Å²) in [7, 11) is 4.01. The van der Waals surface area contributed by atoms with Crippen molar-refractivity contribution in [1.29, 1.82) is 0 Å². The number of allylic oxidation sites excluding steroid dienone is 8. The van der Waals surface area contributed by atoms with Crippen molar-refractivity contribution in [3.05, 3.63) is 71.9 Å². The van der Waals surface area contributed by atoms with E-state index >= 15 is 0 Å². The lowest BCUT2D eigenvalue weighted by Crippen LogP contribution is -2.16. The van der Waals surface area contributed by atoms with E-state index in [0.717, 1.165) is 74.1 Å². The summed E-state index contributed by atoms with van der Waals surface area (Å²) >= 11 is 0. The number of carbonyl (C=O) groups is 1. The molecule has 0 unspecified atom stereocenters. The van der Waals surface area contributed by atoms with E-state index in [4.69, 9.17) is 18.9 Å². The van der Waals surface area contributed by atoms with Crippen LogP contribution in [-0.2, 0) is 16.1 Å². The minimum atomic E-state index is -0.640. The van der Waals surface area contributed by atoms with Gasteiger partial charge in [0.25, 0.3) is 0 Å². The van der Waals surface area contributed by atoms with Crippen molar-refractivity contribution in [3.63, 3.8) is 0 Å². The topological polar surface area (TPSA) is 57.2 Å². The molecule has 0 saturated heterocycles. The Bertz CT molecular complexity index is 1150. The van der Waals surface area contributed by atoms with Gasteiger partial charge in [0.1, 0.15) is 18.1 Å². The highest BCUT2D eigenvalue weighted by atomic mass is 16.7. The van der Waals surface area contributed by atoms with E-state index < -0.39 is 6.16 Å². The molecule has 0 N–H and O–H groups in total. The molecule has 0 spiro atoms. The molecule has 6 nitrogen and oxygen atoms in total. The van der Waals surface area contributed by atoms with Crippen molar-refractivity contribution in [2.24, 2.45) is 0 Å². The molecule has 6 heteroatoms. The van der Waals surface area contributed by atoms with Gasteiger partial charge in [-0.25, -0.2) is 4.79 Å². The van der Waals surface area contributed by atoms with Gasteiger partial charge in [-0.15, -0.1) is 0 Å². The average molecular weight is 808 g/mol. The van der Waals surface area contributed by atoms with Gasteiger partial charge in [-0.05, 0) is 121 Å². The van der Waals surface area contributed by atoms with Crippen LogP contribution in [0.2, 0.25) is 0 Å². The standard InChI is InChI=1S/C52H89NO5/c1-7-9-11-13-15-17-19-21-23-25-27-29-31-33-35-37-41-55-49-44-48(46-58-52(54)57-43-39-40-53(5)6)45-50(51(49)47(3)4)56-42-38-36-34-32-30-28-26-24-22-20-18-16-14-12-10-8-2/h15-18,21-24,44-45,47H,7-14,19-20,25-43,46H2,1-6H3/b17-15-,18-16-,23-21-,24-22-. The molecule has 1 aromatic rings. The third-order valence-corrected chi connectivity index (χ3v) is 10.3. The van der Waals surface area contributed by atoms with Gasteiger partial charge in [-0.1, -0.05) is 153 Å². The Morgan fingerprint density at radius 3 is 1.36 bits per heavy atom. The lowest BCUT2D eigenvalue weighted by atomic mass is 9.98. The van der Waals surface area contributed by atoms with Crippen molar-refractivity contribution >= 4 is 6.16 Å². The fraction of sp³-hybridized carbons (Fsp3) is 0.712. The largest absolute Gasteiger partial charge is 0.508 e. The van der Waals surface area contributed by atoms with Gasteiger partial charge in [0.2, 0.25) is 0 Å². The maximum atomic E-state index is 12.4. The number of benzene rings is 1. The second-order valence-electron chi connectivity index (χ2n) is 16.6. The summed E-state index contributed by atoms with van der Waals surface area (Å²) in [5, 5.41) is 0. The third-order valence-electron chi connectivity index (χ3n) is 10.3. The third kappa shape index (κ3) is 31.9. The Labute approximate surface area is 358 Å². The Kier molecular flexibility index (Phi) is 36.1. The van der Waals surface area contributed by atoms with Crippen LogP contribution < -0.4 is 9.47 Å². The zero-order chi connectivity index (χ0) is 42.2. The monoisotopic (exact) mass is 808 g/mol. The molecule has 0 aliphatic rings. The van der Waals surface area contributed by atoms with E-state index in [2.05, 4.69) is 81.2 Å². The number of hydrogen-bond acceptors (Lipinski definition) is 6. The Morgan fingerprint density at radius 2 is 0.948 bits per heavy atom. The van der Waals surface area contributed by atoms with Crippen LogP contribution >= 0.6 is 0 Å². The molecule has 0 aliphatic carbocycles. The molecule has 0 bridgehead atoms. The highest BCUT2D eigenvalue weighted by Gasteiger charge is 2.18. The van der Waals surface area contributed by atoms with Crippen molar-refractivity contribution in [3.8, 4) is 11.5 Å². The lowest BCUT2D eigenvalue weighted by Gasteiger charge is -2.21. The maximum absolute atomic E-state index is 12.4. The van der Waals surface area contributed by atoms with E-state index in [-0.39, 0.29) is 12.5 Å². The molecule has 58 heavy (non-hydrogen) atoms. The zero-order valence-electron chi connectivity index (χ0n) is 38.6. The first-order valence-corrected chi connectivity index (χ1v) is 23.9. The molecular weight excluding hydrogens is 719 g/mol. The Balaban J connectivity index is 2.54. The first-order valence-electron chi connectivity index (χ1n) is 23.9. The summed E-state index contributed by atoms with van der Waals surface area (Å²) in [5.74, 6) is 1.91. The smallest absolute Gasteiger partial charge is 0.493 e. The van der Waals surface area contributed by atoms with Crippen LogP contribution in [0.15, 0.2) is 60.7 Å². The Hall–Kier alpha value is -2.99. The van der Waals surface area contributed by atoms with Gasteiger partial charge in [-0.2, -0.15) is 0 Å². The second-order valence-corrected chi connectivity index (χ2v) is 16.6. The molecule has 0 radical (unpaired) electrons. The Morgan fingerprint density at radius 1 is 0.534 bits per heavy atom. The van der Waals surface area contributed by atoms with E-state index in [0.29, 0.717) is 19.8 Å². The minimum absolute atomic E-state index is 0.119. The predicted molar refractivity (Wildman–Crippen MR) is 250 cm³/mol. The molecule has 0 amide bonds. The summed E-state index contributed by atoms with van der Waals surface area (Å²) in [5.41, 5.74) is 1.95. The summed E-state index contributed by atoms with van der Waals surface area (Å²) in [4.78, 5) is 14.4. The molecule has 1 aromatic carbocycles. The van der Waals surface area contributed by atoms with Gasteiger partial charge in [0.05, 0.1) is 19.8 Å². The van der Waals surface area contributed by atoms with Crippen LogP contribution in [0.5, 0.6) is 11.5 Å². The minimum Gasteiger partial charge on any atom is -0.493 e. The number of nitrogens with zero attached hydrogens (tertiary/aromatic N) is 1. The predicted octanol–water partition coefficient (Wildman–Crippen LogP) is 15.8. The van der Waals surface area contributed by atoms with Crippen LogP contribution in [-0.4, -0.2) is 51.5 Å². The quantitative estimate of drug-likeness (QED) is 0.0375. The molecule has 0 heterocycles. The van der Waals surface area contributed by atoms with Crippen LogP contribution in [0.4, 0.5) is 4.79 Å². The number of rotatable bonds is 39. The summed E-state index contributed by atoms with van der Waals surface area (Å²) in [6, 6.07) is 4.05. The highest BCUT2D eigenvalue weighted by Crippen LogP contribution is 2.37. The fourth-order valence-corrected chi connectivity index (χ4v) is 6.81. The van der Waals surface area contributed by atoms with Gasteiger partial charge in [0.15, 0.2) is 0 Å². The van der Waals surface area contributed by atoms with Crippen LogP contribution in [0, 0.1) is 0 Å². The van der Waals surface area contributed by atoms with Gasteiger partial charge < -0.3 is 23.8 Å². The van der Waals surface area contributed by atoms with E-state index in [1.54, 1.807) is 0 Å². The summed E-state index contributed by atoms with van der Waals surface area (Å²) < 4.78 is 23.8. The van der Waals surface area contributed by atoms with Crippen LogP contribution in [0.25, 0.3) is 0 Å². The van der Waals surface area contributed by atoms with Gasteiger partial charge >= 0.3 is 6.16 Å². The molecule has 0 aromatic heterocycles. The van der Waals surface area contributed by atoms with Gasteiger partial charge in [0, 0.05) is 12.1 Å². The lowest BCUT2D eigenvalue weighted by molar-refractivity contribution is 0.0479. The van der Waals surface area contributed by atoms with E-state index in [1.807, 2.05) is 26.2 Å². The number of ether oxygens (including phenoxy) is 4. The summed E-state index contributed by atoms with van der Waals surface area (Å²) in [6.45, 7) is 11.5. The SMILES string of the molecule is CCCCC/C=C\C/C=C\CCCCCCCCOc1cc(COC(=O)OCCCN(C)C)cc(OCCCCCCCC/C=C\C/C=C\CCCCC)c1C(C)C. The van der Waals surface area contributed by atoms with Gasteiger partial charge in [-0.3, -0.25) is 0 Å². The molecule has 0 saturated carbocycles. The highest BCUT2D eigenvalue weighted by molar-refractivity contribution is 5.60. The van der Waals surface area contributed by atoms with Crippen molar-refractivity contribution in [2.75, 3.05) is 40.5 Å². The van der Waals surface area contributed by atoms with Crippen LogP contribution in [0.1, 0.15) is 205 Å². The average Bonchev–Trinajstić information content (AvgIpc) is 3.20. The van der Waals surface area contributed by atoms with Crippen molar-refractivity contribution in [1.82, 2.24) is 4.90 Å². The first kappa shape index (κ1) is 53.0. The number of hydrogen-bond donors (Lipinski definition) is 0.